The Balaban J connectivity index is 2.28. The fraction of sp³-hybridized carbons (Fsp3) is 0.182. The van der Waals surface area contributed by atoms with Gasteiger partial charge in [0.25, 0.3) is 0 Å². The molecular weight excluding hydrogens is 160 g/mol. The van der Waals surface area contributed by atoms with Crippen molar-refractivity contribution in [3.05, 3.63) is 48.8 Å². The molecule has 0 aliphatic rings. The van der Waals surface area contributed by atoms with Gasteiger partial charge in [0.05, 0.1) is 0 Å². The van der Waals surface area contributed by atoms with Gasteiger partial charge in [0.2, 0.25) is 0 Å². The molecule has 0 unspecified atom stereocenters. The van der Waals surface area contributed by atoms with Crippen molar-refractivity contribution in [2.24, 2.45) is 0 Å². The maximum absolute atomic E-state index is 4.01. The van der Waals surface area contributed by atoms with Gasteiger partial charge in [-0.2, -0.15) is 0 Å². The Morgan fingerprint density at radius 2 is 2.38 bits per heavy atom. The second-order valence-corrected chi connectivity index (χ2v) is 2.64. The van der Waals surface area contributed by atoms with Gasteiger partial charge in [0, 0.05) is 25.5 Å². The lowest BCUT2D eigenvalue weighted by Crippen LogP contribution is -2.12. The second kappa shape index (κ2) is 6.14. The van der Waals surface area contributed by atoms with Crippen LogP contribution in [0, 0.1) is 0 Å². The summed E-state index contributed by atoms with van der Waals surface area (Å²) in [7, 11) is 0. The third-order valence-electron chi connectivity index (χ3n) is 1.55. The van der Waals surface area contributed by atoms with Gasteiger partial charge in [0.1, 0.15) is 0 Å². The zero-order chi connectivity index (χ0) is 9.36. The van der Waals surface area contributed by atoms with Gasteiger partial charge in [0.15, 0.2) is 0 Å². The number of rotatable bonds is 5. The van der Waals surface area contributed by atoms with E-state index in [-0.39, 0.29) is 0 Å². The number of aromatic nitrogens is 1. The lowest BCUT2D eigenvalue weighted by atomic mass is 10.2. The van der Waals surface area contributed by atoms with Crippen molar-refractivity contribution in [1.82, 2.24) is 10.3 Å². The van der Waals surface area contributed by atoms with Gasteiger partial charge in [-0.1, -0.05) is 24.3 Å². The molecule has 0 bridgehead atoms. The van der Waals surface area contributed by atoms with Gasteiger partial charge in [-0.15, -0.1) is 6.58 Å². The van der Waals surface area contributed by atoms with Crippen LogP contribution in [0.1, 0.15) is 5.56 Å². The van der Waals surface area contributed by atoms with E-state index in [9.17, 15) is 0 Å². The molecule has 1 aromatic rings. The summed E-state index contributed by atoms with van der Waals surface area (Å²) in [5.41, 5.74) is 1.13. The van der Waals surface area contributed by atoms with Crippen molar-refractivity contribution < 1.29 is 0 Å². The quantitative estimate of drug-likeness (QED) is 0.544. The normalized spacial score (nSPS) is 10.5. The van der Waals surface area contributed by atoms with Gasteiger partial charge < -0.3 is 5.32 Å². The molecule has 0 saturated carbocycles. The Morgan fingerprint density at radius 3 is 3.08 bits per heavy atom. The van der Waals surface area contributed by atoms with Crippen LogP contribution in [-0.2, 0) is 0 Å². The van der Waals surface area contributed by atoms with E-state index in [2.05, 4.69) is 23.0 Å². The van der Waals surface area contributed by atoms with E-state index < -0.39 is 0 Å². The smallest absolute Gasteiger partial charge is 0.0340 e. The summed E-state index contributed by atoms with van der Waals surface area (Å²) in [6.07, 6.45) is 9.57. The molecule has 13 heavy (non-hydrogen) atoms. The van der Waals surface area contributed by atoms with Crippen LogP contribution < -0.4 is 5.32 Å². The predicted octanol–water partition coefficient (Wildman–Crippen LogP) is 1.87. The van der Waals surface area contributed by atoms with E-state index in [1.54, 1.807) is 6.20 Å². The van der Waals surface area contributed by atoms with Crippen LogP contribution in [0.2, 0.25) is 0 Å². The summed E-state index contributed by atoms with van der Waals surface area (Å²) < 4.78 is 0. The number of nitrogens with zero attached hydrogens (tertiary/aromatic N) is 1. The van der Waals surface area contributed by atoms with Crippen LogP contribution in [0.25, 0.3) is 6.08 Å². The van der Waals surface area contributed by atoms with Crippen molar-refractivity contribution in [3.63, 3.8) is 0 Å². The lowest BCUT2D eigenvalue weighted by Gasteiger charge is -1.94. The molecule has 0 aromatic carbocycles. The van der Waals surface area contributed by atoms with E-state index in [0.29, 0.717) is 0 Å². The first-order valence-electron chi connectivity index (χ1n) is 4.31. The van der Waals surface area contributed by atoms with Crippen LogP contribution >= 0.6 is 0 Å². The molecule has 0 radical (unpaired) electrons. The molecule has 1 rings (SSSR count). The van der Waals surface area contributed by atoms with Crippen LogP contribution in [0.5, 0.6) is 0 Å². The molecule has 0 saturated heterocycles. The summed E-state index contributed by atoms with van der Waals surface area (Å²) in [5.74, 6) is 0. The lowest BCUT2D eigenvalue weighted by molar-refractivity contribution is 0.846. The third kappa shape index (κ3) is 4.23. The number of hydrogen-bond acceptors (Lipinski definition) is 2. The molecule has 68 valence electrons. The molecule has 0 fully saturated rings. The average Bonchev–Trinajstić information content (AvgIpc) is 2.19. The first-order valence-corrected chi connectivity index (χ1v) is 4.31. The topological polar surface area (TPSA) is 24.9 Å². The molecule has 0 spiro atoms. The highest BCUT2D eigenvalue weighted by molar-refractivity contribution is 5.47. The molecule has 1 N–H and O–H groups in total. The largest absolute Gasteiger partial charge is 0.310 e. The molecule has 2 heteroatoms. The van der Waals surface area contributed by atoms with Gasteiger partial charge in [-0.05, 0) is 11.6 Å². The summed E-state index contributed by atoms with van der Waals surface area (Å²) in [6, 6.07) is 3.95. The SMILES string of the molecule is C=CCNCC=Cc1cccnc1. The Morgan fingerprint density at radius 1 is 1.46 bits per heavy atom. The Labute approximate surface area is 79.0 Å². The maximum Gasteiger partial charge on any atom is 0.0340 e. The molecule has 2 nitrogen and oxygen atoms in total. The van der Waals surface area contributed by atoms with Crippen molar-refractivity contribution in [1.29, 1.82) is 0 Å². The third-order valence-corrected chi connectivity index (χ3v) is 1.55. The molecule has 0 atom stereocenters. The highest BCUT2D eigenvalue weighted by atomic mass is 14.8. The van der Waals surface area contributed by atoms with E-state index in [4.69, 9.17) is 0 Å². The Kier molecular flexibility index (Phi) is 4.57. The minimum atomic E-state index is 0.845. The molecule has 0 aliphatic carbocycles. The molecule has 0 amide bonds. The van der Waals surface area contributed by atoms with Crippen LogP contribution in [0.3, 0.4) is 0 Å². The number of nitrogens with one attached hydrogen (secondary N) is 1. The first kappa shape index (κ1) is 9.68. The van der Waals surface area contributed by atoms with Crippen LogP contribution in [0.15, 0.2) is 43.3 Å². The molecule has 1 heterocycles. The highest BCUT2D eigenvalue weighted by Gasteiger charge is 1.82. The summed E-state index contributed by atoms with van der Waals surface area (Å²) in [6.45, 7) is 5.33. The number of pyridine rings is 1. The van der Waals surface area contributed by atoms with Crippen molar-refractivity contribution in [2.45, 2.75) is 0 Å². The molecule has 1 aromatic heterocycles. The monoisotopic (exact) mass is 174 g/mol. The Bertz CT molecular complexity index is 265. The van der Waals surface area contributed by atoms with Gasteiger partial charge in [-0.3, -0.25) is 4.98 Å². The number of hydrogen-bond donors (Lipinski definition) is 1. The van der Waals surface area contributed by atoms with E-state index in [1.807, 2.05) is 30.5 Å². The van der Waals surface area contributed by atoms with Crippen LogP contribution in [-0.4, -0.2) is 18.1 Å². The van der Waals surface area contributed by atoms with Crippen molar-refractivity contribution in [3.8, 4) is 0 Å². The molecular formula is C11H14N2. The minimum absolute atomic E-state index is 0.845. The van der Waals surface area contributed by atoms with Crippen molar-refractivity contribution in [2.75, 3.05) is 13.1 Å². The maximum atomic E-state index is 4.01. The standard InChI is InChI=1S/C11H14N2/c1-2-7-12-8-3-5-11-6-4-9-13-10-11/h2-6,9-10,12H,1,7-8H2. The zero-order valence-electron chi connectivity index (χ0n) is 7.61. The first-order chi connectivity index (χ1) is 6.43. The zero-order valence-corrected chi connectivity index (χ0v) is 7.61. The average molecular weight is 174 g/mol. The summed E-state index contributed by atoms with van der Waals surface area (Å²) in [4.78, 5) is 4.01. The van der Waals surface area contributed by atoms with Gasteiger partial charge >= 0.3 is 0 Å². The summed E-state index contributed by atoms with van der Waals surface area (Å²) >= 11 is 0. The second-order valence-electron chi connectivity index (χ2n) is 2.64. The fourth-order valence-corrected chi connectivity index (χ4v) is 0.938. The van der Waals surface area contributed by atoms with Crippen molar-refractivity contribution >= 4 is 6.08 Å². The Hall–Kier alpha value is -1.41. The summed E-state index contributed by atoms with van der Waals surface area (Å²) in [5, 5.41) is 3.18. The van der Waals surface area contributed by atoms with E-state index in [0.717, 1.165) is 18.7 Å². The van der Waals surface area contributed by atoms with E-state index >= 15 is 0 Å². The highest BCUT2D eigenvalue weighted by Crippen LogP contribution is 1.97. The van der Waals surface area contributed by atoms with Gasteiger partial charge in [-0.25, -0.2) is 0 Å². The predicted molar refractivity (Wildman–Crippen MR) is 56.3 cm³/mol. The van der Waals surface area contributed by atoms with Crippen LogP contribution in [0.4, 0.5) is 0 Å². The minimum Gasteiger partial charge on any atom is -0.310 e. The van der Waals surface area contributed by atoms with E-state index in [1.165, 1.54) is 0 Å². The molecule has 0 aliphatic heterocycles. The fourth-order valence-electron chi connectivity index (χ4n) is 0.938.